The van der Waals surface area contributed by atoms with Gasteiger partial charge in [0.2, 0.25) is 11.9 Å². The van der Waals surface area contributed by atoms with Gasteiger partial charge in [-0.05, 0) is 25.3 Å². The summed E-state index contributed by atoms with van der Waals surface area (Å²) in [6, 6.07) is 2.14. The Balaban J connectivity index is 1.56. The van der Waals surface area contributed by atoms with Crippen molar-refractivity contribution in [1.82, 2.24) is 24.1 Å². The number of aryl methyl sites for hydroxylation is 1. The van der Waals surface area contributed by atoms with E-state index in [1.54, 1.807) is 22.0 Å². The highest BCUT2D eigenvalue weighted by molar-refractivity contribution is 7.88. The Morgan fingerprint density at radius 1 is 1.33 bits per heavy atom. The molecular weight excluding hydrogens is 402 g/mol. The van der Waals surface area contributed by atoms with Gasteiger partial charge in [-0.1, -0.05) is 13.8 Å². The Hall–Kier alpha value is -2.17. The molecule has 0 bridgehead atoms. The van der Waals surface area contributed by atoms with Crippen molar-refractivity contribution in [1.29, 1.82) is 0 Å². The zero-order valence-corrected chi connectivity index (χ0v) is 18.8. The molecule has 30 heavy (non-hydrogen) atoms. The van der Waals surface area contributed by atoms with Crippen molar-refractivity contribution < 1.29 is 9.35 Å². The summed E-state index contributed by atoms with van der Waals surface area (Å²) in [6.07, 6.45) is 7.67. The molecule has 1 fully saturated rings. The predicted molar refractivity (Wildman–Crippen MR) is 116 cm³/mol. The molecule has 2 aliphatic rings. The summed E-state index contributed by atoms with van der Waals surface area (Å²) in [7, 11) is 1.87. The van der Waals surface area contributed by atoms with E-state index in [9.17, 15) is 9.35 Å². The molecule has 2 aliphatic heterocycles. The van der Waals surface area contributed by atoms with E-state index in [4.69, 9.17) is 4.98 Å². The summed E-state index contributed by atoms with van der Waals surface area (Å²) in [6.45, 7) is 5.91. The first-order valence-electron chi connectivity index (χ1n) is 10.2. The fraction of sp³-hybridized carbons (Fsp3) is 0.600. The van der Waals surface area contributed by atoms with Crippen LogP contribution >= 0.6 is 0 Å². The maximum absolute atomic E-state index is 13.2. The van der Waals surface area contributed by atoms with Gasteiger partial charge in [0, 0.05) is 60.9 Å². The van der Waals surface area contributed by atoms with Gasteiger partial charge < -0.3 is 9.87 Å². The number of hydrogen-bond donors (Lipinski definition) is 1. The van der Waals surface area contributed by atoms with E-state index in [1.165, 1.54) is 0 Å². The molecule has 0 radical (unpaired) electrons. The molecule has 10 heteroatoms. The van der Waals surface area contributed by atoms with Crippen LogP contribution in [0.4, 0.5) is 11.8 Å². The second kappa shape index (κ2) is 8.16. The van der Waals surface area contributed by atoms with Gasteiger partial charge in [0.1, 0.15) is 12.1 Å². The maximum Gasteiger partial charge on any atom is 0.234 e. The van der Waals surface area contributed by atoms with Gasteiger partial charge in [-0.3, -0.25) is 14.4 Å². The number of carbonyl (C=O) groups is 1. The van der Waals surface area contributed by atoms with Gasteiger partial charge in [0.25, 0.3) is 0 Å². The lowest BCUT2D eigenvalue weighted by Crippen LogP contribution is -2.47. The smallest absolute Gasteiger partial charge is 0.234 e. The summed E-state index contributed by atoms with van der Waals surface area (Å²) >= 11 is -0.927. The molecule has 162 valence electrons. The third-order valence-electron chi connectivity index (χ3n) is 5.95. The molecule has 0 spiro atoms. The normalized spacial score (nSPS) is 20.8. The fourth-order valence-electron chi connectivity index (χ4n) is 4.14. The molecule has 1 atom stereocenters. The number of amides is 1. The van der Waals surface area contributed by atoms with Crippen molar-refractivity contribution in [3.05, 3.63) is 29.7 Å². The lowest BCUT2D eigenvalue weighted by Gasteiger charge is -2.37. The molecule has 4 rings (SSSR count). The first kappa shape index (κ1) is 21.1. The van der Waals surface area contributed by atoms with Gasteiger partial charge in [-0.15, -0.1) is 4.31 Å². The Labute approximate surface area is 180 Å². The SMILES string of the molecule is Cn1nccc1CN1C(=O)C(C)(C)Cc2cnc(NC3CCN([S+](C)[O-])CC3)nc21. The quantitative estimate of drug-likeness (QED) is 0.716. The van der Waals surface area contributed by atoms with Crippen molar-refractivity contribution in [2.75, 3.05) is 29.6 Å². The topological polar surface area (TPSA) is 102 Å². The number of rotatable bonds is 5. The largest absolute Gasteiger partial charge is 0.598 e. The van der Waals surface area contributed by atoms with Crippen LogP contribution in [0.3, 0.4) is 0 Å². The van der Waals surface area contributed by atoms with Gasteiger partial charge >= 0.3 is 0 Å². The molecular formula is C20H29N7O2S. The van der Waals surface area contributed by atoms with Crippen molar-refractivity contribution in [3.8, 4) is 0 Å². The second-order valence-corrected chi connectivity index (χ2v) is 10.1. The molecule has 1 N–H and O–H groups in total. The summed E-state index contributed by atoms with van der Waals surface area (Å²) in [5.74, 6) is 1.26. The highest BCUT2D eigenvalue weighted by Gasteiger charge is 2.40. The summed E-state index contributed by atoms with van der Waals surface area (Å²) in [4.78, 5) is 24.3. The number of nitrogens with zero attached hydrogens (tertiary/aromatic N) is 6. The third kappa shape index (κ3) is 4.17. The number of fused-ring (bicyclic) bond motifs is 1. The Kier molecular flexibility index (Phi) is 5.73. The molecule has 1 saturated heterocycles. The summed E-state index contributed by atoms with van der Waals surface area (Å²) < 4.78 is 15.4. The second-order valence-electron chi connectivity index (χ2n) is 8.71. The minimum absolute atomic E-state index is 0.0552. The van der Waals surface area contributed by atoms with Crippen LogP contribution in [0.1, 0.15) is 37.9 Å². The molecule has 4 heterocycles. The van der Waals surface area contributed by atoms with Crippen LogP contribution in [0, 0.1) is 5.41 Å². The van der Waals surface area contributed by atoms with Crippen molar-refractivity contribution in [2.24, 2.45) is 12.5 Å². The van der Waals surface area contributed by atoms with Gasteiger partial charge in [0.15, 0.2) is 0 Å². The highest BCUT2D eigenvalue weighted by Crippen LogP contribution is 2.37. The predicted octanol–water partition coefficient (Wildman–Crippen LogP) is 1.50. The van der Waals surface area contributed by atoms with Crippen LogP contribution in [-0.4, -0.2) is 59.9 Å². The van der Waals surface area contributed by atoms with Crippen molar-refractivity contribution in [2.45, 2.75) is 45.7 Å². The van der Waals surface area contributed by atoms with E-state index >= 15 is 0 Å². The lowest BCUT2D eigenvalue weighted by molar-refractivity contribution is -0.127. The number of hydrogen-bond acceptors (Lipinski definition) is 7. The van der Waals surface area contributed by atoms with Crippen molar-refractivity contribution >= 4 is 29.0 Å². The first-order valence-corrected chi connectivity index (χ1v) is 11.8. The maximum atomic E-state index is 13.2. The number of piperidine rings is 1. The van der Waals surface area contributed by atoms with Gasteiger partial charge in [0.05, 0.1) is 12.2 Å². The standard InChI is InChI=1S/C20H29N7O2S/c1-20(2)11-14-12-21-19(23-15-6-9-26(10-7-15)30(4)29)24-17(14)27(18(20)28)13-16-5-8-22-25(16)3/h5,8,12,15H,6-7,9-11,13H2,1-4H3,(H,21,23,24). The minimum atomic E-state index is -0.927. The fourth-order valence-corrected chi connectivity index (χ4v) is 4.87. The number of aromatic nitrogens is 4. The van der Waals surface area contributed by atoms with E-state index in [1.807, 2.05) is 37.5 Å². The number of carbonyl (C=O) groups excluding carboxylic acids is 1. The molecule has 2 aromatic rings. The summed E-state index contributed by atoms with van der Waals surface area (Å²) in [5, 5.41) is 7.63. The van der Waals surface area contributed by atoms with Gasteiger partial charge in [-0.2, -0.15) is 10.1 Å². The van der Waals surface area contributed by atoms with Crippen LogP contribution in [0.25, 0.3) is 0 Å². The molecule has 1 unspecified atom stereocenters. The average Bonchev–Trinajstić information content (AvgIpc) is 3.11. The van der Waals surface area contributed by atoms with Crippen molar-refractivity contribution in [3.63, 3.8) is 0 Å². The molecule has 2 aromatic heterocycles. The van der Waals surface area contributed by atoms with E-state index in [2.05, 4.69) is 15.4 Å². The Bertz CT molecular complexity index is 922. The van der Waals surface area contributed by atoms with E-state index in [0.29, 0.717) is 24.7 Å². The van der Waals surface area contributed by atoms with Crippen LogP contribution < -0.4 is 10.2 Å². The molecule has 1 amide bonds. The van der Waals surface area contributed by atoms with Gasteiger partial charge in [-0.25, -0.2) is 4.98 Å². The van der Waals surface area contributed by atoms with E-state index < -0.39 is 16.8 Å². The minimum Gasteiger partial charge on any atom is -0.598 e. The molecule has 0 aliphatic carbocycles. The molecule has 0 saturated carbocycles. The number of nitrogens with one attached hydrogen (secondary N) is 1. The van der Waals surface area contributed by atoms with E-state index in [-0.39, 0.29) is 11.9 Å². The van der Waals surface area contributed by atoms with E-state index in [0.717, 1.165) is 37.2 Å². The lowest BCUT2D eigenvalue weighted by atomic mass is 9.81. The van der Waals surface area contributed by atoms with Crippen LogP contribution in [0.5, 0.6) is 0 Å². The number of anilines is 2. The average molecular weight is 432 g/mol. The third-order valence-corrected chi connectivity index (χ3v) is 7.04. The zero-order valence-electron chi connectivity index (χ0n) is 18.0. The van der Waals surface area contributed by atoms with Crippen LogP contribution in [0.15, 0.2) is 18.5 Å². The Morgan fingerprint density at radius 2 is 2.07 bits per heavy atom. The zero-order chi connectivity index (χ0) is 21.5. The highest BCUT2D eigenvalue weighted by atomic mass is 32.2. The Morgan fingerprint density at radius 3 is 2.70 bits per heavy atom. The molecule has 9 nitrogen and oxygen atoms in total. The van der Waals surface area contributed by atoms with Crippen LogP contribution in [-0.2, 0) is 36.2 Å². The summed E-state index contributed by atoms with van der Waals surface area (Å²) in [5.41, 5.74) is 1.41. The first-order chi connectivity index (χ1) is 14.2. The monoisotopic (exact) mass is 431 g/mol. The van der Waals surface area contributed by atoms with Crippen LogP contribution in [0.2, 0.25) is 0 Å². The molecule has 0 aromatic carbocycles.